The Bertz CT molecular complexity index is 1040. The second-order valence-electron chi connectivity index (χ2n) is 6.96. The molecule has 0 spiro atoms. The molecular weight excluding hydrogens is 363 g/mol. The van der Waals surface area contributed by atoms with Crippen LogP contribution in [0.3, 0.4) is 0 Å². The van der Waals surface area contributed by atoms with Crippen LogP contribution in [0.2, 0.25) is 0 Å². The molecule has 1 fully saturated rings. The van der Waals surface area contributed by atoms with E-state index in [1.165, 1.54) is 23.0 Å². The molecule has 2 N–H and O–H groups in total. The van der Waals surface area contributed by atoms with E-state index in [1.54, 1.807) is 24.4 Å². The summed E-state index contributed by atoms with van der Waals surface area (Å²) in [5.74, 6) is 0.0957. The molecule has 1 saturated carbocycles. The lowest BCUT2D eigenvalue weighted by atomic mass is 9.95. The second kappa shape index (κ2) is 7.79. The molecule has 0 atom stereocenters. The first-order chi connectivity index (χ1) is 13.6. The van der Waals surface area contributed by atoms with Crippen molar-refractivity contribution >= 4 is 23.2 Å². The number of fused-ring (bicyclic) bond motifs is 1. The summed E-state index contributed by atoms with van der Waals surface area (Å²) in [7, 11) is 0. The fraction of sp³-hybridized carbons (Fsp3) is 0.368. The maximum atomic E-state index is 13.0. The highest BCUT2D eigenvalue weighted by molar-refractivity contribution is 5.76. The van der Waals surface area contributed by atoms with Crippen LogP contribution in [0.4, 0.5) is 15.9 Å². The predicted octanol–water partition coefficient (Wildman–Crippen LogP) is 2.22. The van der Waals surface area contributed by atoms with Gasteiger partial charge in [-0.2, -0.15) is 4.98 Å². The van der Waals surface area contributed by atoms with Crippen LogP contribution in [0.15, 0.2) is 41.3 Å². The van der Waals surface area contributed by atoms with Gasteiger partial charge in [-0.3, -0.25) is 4.79 Å². The normalized spacial score (nSPS) is 14.9. The van der Waals surface area contributed by atoms with Crippen molar-refractivity contribution in [1.82, 2.24) is 24.5 Å². The lowest BCUT2D eigenvalue weighted by Crippen LogP contribution is -2.40. The number of hydrogen-bond acceptors (Lipinski definition) is 5. The molecule has 2 aromatic heterocycles. The summed E-state index contributed by atoms with van der Waals surface area (Å²) in [6, 6.07) is 7.64. The third-order valence-electron chi connectivity index (χ3n) is 4.83. The lowest BCUT2D eigenvalue weighted by molar-refractivity contribution is -0.122. The van der Waals surface area contributed by atoms with Gasteiger partial charge in [-0.15, -0.1) is 5.10 Å². The van der Waals surface area contributed by atoms with E-state index < -0.39 is 5.69 Å². The van der Waals surface area contributed by atoms with Gasteiger partial charge in [-0.05, 0) is 43.2 Å². The van der Waals surface area contributed by atoms with Crippen molar-refractivity contribution in [3.05, 3.63) is 52.8 Å². The number of carbonyl (C=O) groups excluding carboxylic acids is 1. The summed E-state index contributed by atoms with van der Waals surface area (Å²) in [6.07, 6.45) is 6.94. The number of benzene rings is 1. The maximum absolute atomic E-state index is 13.0. The van der Waals surface area contributed by atoms with Gasteiger partial charge >= 0.3 is 5.69 Å². The summed E-state index contributed by atoms with van der Waals surface area (Å²) in [6.45, 7) is -0.139. The molecule has 1 aliphatic carbocycles. The topological polar surface area (TPSA) is 93.3 Å². The molecule has 9 heteroatoms. The van der Waals surface area contributed by atoms with Crippen LogP contribution in [-0.2, 0) is 11.3 Å². The molecule has 0 aliphatic heterocycles. The molecule has 2 heterocycles. The molecule has 28 heavy (non-hydrogen) atoms. The van der Waals surface area contributed by atoms with E-state index in [0.717, 1.165) is 30.4 Å². The molecule has 1 amide bonds. The van der Waals surface area contributed by atoms with Gasteiger partial charge in [0.2, 0.25) is 5.91 Å². The Morgan fingerprint density at radius 3 is 2.64 bits per heavy atom. The third kappa shape index (κ3) is 4.03. The number of amides is 1. The fourth-order valence-corrected chi connectivity index (χ4v) is 3.42. The SMILES string of the molecule is O=C(Cn1nc2nc(Nc3ccc(F)cc3)ccn2c1=O)NC1CCCCC1. The molecule has 0 saturated heterocycles. The Hall–Kier alpha value is -3.23. The summed E-state index contributed by atoms with van der Waals surface area (Å²) < 4.78 is 15.4. The summed E-state index contributed by atoms with van der Waals surface area (Å²) >= 11 is 0. The highest BCUT2D eigenvalue weighted by Crippen LogP contribution is 2.17. The van der Waals surface area contributed by atoms with Gasteiger partial charge in [-0.1, -0.05) is 19.3 Å². The van der Waals surface area contributed by atoms with Crippen molar-refractivity contribution in [1.29, 1.82) is 0 Å². The van der Waals surface area contributed by atoms with Crippen molar-refractivity contribution in [2.45, 2.75) is 44.7 Å². The van der Waals surface area contributed by atoms with E-state index in [2.05, 4.69) is 20.7 Å². The van der Waals surface area contributed by atoms with Crippen molar-refractivity contribution < 1.29 is 9.18 Å². The van der Waals surface area contributed by atoms with E-state index in [-0.39, 0.29) is 30.1 Å². The average Bonchev–Trinajstić information content (AvgIpc) is 2.99. The standard InChI is InChI=1S/C19H21FN6O2/c20-13-6-8-15(9-7-13)21-16-10-11-25-18(23-16)24-26(19(25)28)12-17(27)22-14-4-2-1-3-5-14/h6-11,14H,1-5,12H2,(H,22,27)(H,21,23,24). The van der Waals surface area contributed by atoms with Crippen LogP contribution in [0.5, 0.6) is 0 Å². The van der Waals surface area contributed by atoms with E-state index >= 15 is 0 Å². The maximum Gasteiger partial charge on any atom is 0.352 e. The molecular formula is C19H21FN6O2. The predicted molar refractivity (Wildman–Crippen MR) is 102 cm³/mol. The largest absolute Gasteiger partial charge is 0.352 e. The third-order valence-corrected chi connectivity index (χ3v) is 4.83. The van der Waals surface area contributed by atoms with Crippen molar-refractivity contribution in [3.63, 3.8) is 0 Å². The molecule has 0 bridgehead atoms. The Labute approximate surface area is 160 Å². The molecule has 0 radical (unpaired) electrons. The Morgan fingerprint density at radius 1 is 1.14 bits per heavy atom. The number of nitrogens with zero attached hydrogens (tertiary/aromatic N) is 4. The quantitative estimate of drug-likeness (QED) is 0.704. The zero-order chi connectivity index (χ0) is 19.5. The van der Waals surface area contributed by atoms with Gasteiger partial charge in [-0.25, -0.2) is 18.3 Å². The first-order valence-corrected chi connectivity index (χ1v) is 9.37. The molecule has 0 unspecified atom stereocenters. The molecule has 146 valence electrons. The Balaban J connectivity index is 1.48. The van der Waals surface area contributed by atoms with Crippen LogP contribution >= 0.6 is 0 Å². The number of aromatic nitrogens is 4. The number of carbonyl (C=O) groups is 1. The highest BCUT2D eigenvalue weighted by Gasteiger charge is 2.17. The van der Waals surface area contributed by atoms with E-state index in [1.807, 2.05) is 0 Å². The van der Waals surface area contributed by atoms with Gasteiger partial charge in [0, 0.05) is 17.9 Å². The molecule has 8 nitrogen and oxygen atoms in total. The Morgan fingerprint density at radius 2 is 1.89 bits per heavy atom. The van der Waals surface area contributed by atoms with Gasteiger partial charge in [0.15, 0.2) is 0 Å². The van der Waals surface area contributed by atoms with Crippen molar-refractivity contribution in [2.75, 3.05) is 5.32 Å². The van der Waals surface area contributed by atoms with Gasteiger partial charge in [0.1, 0.15) is 18.2 Å². The highest BCUT2D eigenvalue weighted by atomic mass is 19.1. The van der Waals surface area contributed by atoms with Crippen LogP contribution < -0.4 is 16.3 Å². The van der Waals surface area contributed by atoms with Gasteiger partial charge < -0.3 is 10.6 Å². The van der Waals surface area contributed by atoms with Crippen molar-refractivity contribution in [3.8, 4) is 0 Å². The molecule has 4 rings (SSSR count). The zero-order valence-corrected chi connectivity index (χ0v) is 15.3. The average molecular weight is 384 g/mol. The first kappa shape index (κ1) is 18.1. The number of halogens is 1. The second-order valence-corrected chi connectivity index (χ2v) is 6.96. The smallest absolute Gasteiger partial charge is 0.352 e. The van der Waals surface area contributed by atoms with Gasteiger partial charge in [0.05, 0.1) is 0 Å². The van der Waals surface area contributed by atoms with Crippen molar-refractivity contribution in [2.24, 2.45) is 0 Å². The molecule has 1 aromatic carbocycles. The summed E-state index contributed by atoms with van der Waals surface area (Å²) in [5, 5.41) is 10.2. The monoisotopic (exact) mass is 384 g/mol. The van der Waals surface area contributed by atoms with Crippen LogP contribution in [0.25, 0.3) is 5.78 Å². The summed E-state index contributed by atoms with van der Waals surface area (Å²) in [5.41, 5.74) is 0.238. The lowest BCUT2D eigenvalue weighted by Gasteiger charge is -2.22. The minimum absolute atomic E-state index is 0.139. The van der Waals surface area contributed by atoms with Gasteiger partial charge in [0.25, 0.3) is 5.78 Å². The molecule has 1 aliphatic rings. The summed E-state index contributed by atoms with van der Waals surface area (Å²) in [4.78, 5) is 29.0. The first-order valence-electron chi connectivity index (χ1n) is 9.37. The Kier molecular flexibility index (Phi) is 5.05. The number of rotatable bonds is 5. The number of nitrogens with one attached hydrogen (secondary N) is 2. The molecule has 3 aromatic rings. The van der Waals surface area contributed by atoms with E-state index in [4.69, 9.17) is 0 Å². The number of hydrogen-bond donors (Lipinski definition) is 2. The van der Waals surface area contributed by atoms with Crippen LogP contribution in [-0.4, -0.2) is 31.1 Å². The van der Waals surface area contributed by atoms with Crippen LogP contribution in [0, 0.1) is 5.82 Å². The van der Waals surface area contributed by atoms with E-state index in [9.17, 15) is 14.0 Å². The van der Waals surface area contributed by atoms with Crippen LogP contribution in [0.1, 0.15) is 32.1 Å². The minimum atomic E-state index is -0.422. The number of anilines is 2. The van der Waals surface area contributed by atoms with E-state index in [0.29, 0.717) is 11.5 Å². The minimum Gasteiger partial charge on any atom is -0.352 e. The fourth-order valence-electron chi connectivity index (χ4n) is 3.42. The zero-order valence-electron chi connectivity index (χ0n) is 15.3.